The zero-order valence-corrected chi connectivity index (χ0v) is 17.8. The van der Waals surface area contributed by atoms with E-state index < -0.39 is 17.8 Å². The third kappa shape index (κ3) is 4.46. The van der Waals surface area contributed by atoms with E-state index in [1.807, 2.05) is 0 Å². The van der Waals surface area contributed by atoms with Gasteiger partial charge in [0.05, 0.1) is 12.3 Å². The van der Waals surface area contributed by atoms with Crippen molar-refractivity contribution in [2.75, 3.05) is 11.5 Å². The highest BCUT2D eigenvalue weighted by Gasteiger charge is 2.37. The molecule has 1 fully saturated rings. The van der Waals surface area contributed by atoms with Crippen molar-refractivity contribution in [3.8, 4) is 11.5 Å². The van der Waals surface area contributed by atoms with Crippen LogP contribution in [0.15, 0.2) is 48.6 Å². The Morgan fingerprint density at radius 2 is 1.97 bits per heavy atom. The molecular formula is C23H21ClN2O5. The van der Waals surface area contributed by atoms with Crippen LogP contribution in [0.1, 0.15) is 23.6 Å². The highest BCUT2D eigenvalue weighted by molar-refractivity contribution is 6.39. The number of allylic oxidation sites excluding steroid dienone is 1. The molecule has 1 aliphatic rings. The first-order valence-corrected chi connectivity index (χ1v) is 9.91. The maximum Gasteiger partial charge on any atom is 0.335 e. The number of imide groups is 2. The number of nitrogens with one attached hydrogen (secondary N) is 1. The Morgan fingerprint density at radius 1 is 1.23 bits per heavy atom. The number of nitrogens with zero attached hydrogens (tertiary/aromatic N) is 1. The van der Waals surface area contributed by atoms with Crippen molar-refractivity contribution < 1.29 is 24.2 Å². The van der Waals surface area contributed by atoms with Crippen molar-refractivity contribution in [2.24, 2.45) is 0 Å². The van der Waals surface area contributed by atoms with Gasteiger partial charge in [0.1, 0.15) is 5.57 Å². The highest BCUT2D eigenvalue weighted by Crippen LogP contribution is 2.34. The van der Waals surface area contributed by atoms with Crippen molar-refractivity contribution in [3.63, 3.8) is 0 Å². The summed E-state index contributed by atoms with van der Waals surface area (Å²) >= 11 is 6.14. The number of urea groups is 1. The number of rotatable bonds is 6. The van der Waals surface area contributed by atoms with Gasteiger partial charge in [-0.3, -0.25) is 14.9 Å². The summed E-state index contributed by atoms with van der Waals surface area (Å²) in [6.07, 6.45) is 3.32. The second-order valence-corrected chi connectivity index (χ2v) is 7.25. The number of phenols is 1. The van der Waals surface area contributed by atoms with E-state index in [0.717, 1.165) is 10.5 Å². The number of phenolic OH excluding ortho intramolecular Hbond substituents is 1. The van der Waals surface area contributed by atoms with Gasteiger partial charge >= 0.3 is 6.03 Å². The number of benzene rings is 2. The van der Waals surface area contributed by atoms with E-state index in [1.165, 1.54) is 18.2 Å². The first-order chi connectivity index (χ1) is 14.8. The zero-order valence-electron chi connectivity index (χ0n) is 17.1. The van der Waals surface area contributed by atoms with Crippen molar-refractivity contribution in [2.45, 2.75) is 20.3 Å². The summed E-state index contributed by atoms with van der Waals surface area (Å²) in [6.45, 7) is 7.55. The molecule has 0 radical (unpaired) electrons. The Balaban J connectivity index is 2.07. The Hall–Kier alpha value is -3.58. The van der Waals surface area contributed by atoms with Crippen LogP contribution >= 0.6 is 11.6 Å². The fraction of sp³-hybridized carbons (Fsp3) is 0.174. The van der Waals surface area contributed by atoms with Crippen molar-refractivity contribution in [1.29, 1.82) is 0 Å². The van der Waals surface area contributed by atoms with Gasteiger partial charge in [0.2, 0.25) is 0 Å². The summed E-state index contributed by atoms with van der Waals surface area (Å²) in [4.78, 5) is 38.7. The molecule has 0 aliphatic carbocycles. The molecule has 7 nitrogen and oxygen atoms in total. The standard InChI is InChI=1S/C23H21ClN2O5/c1-4-6-15-9-14(11-19(20(15)27)31-5-2)10-17-21(28)25-23(30)26(22(17)29)16-8-7-13(3)18(24)12-16/h4,7-12,27H,1,5-6H2,2-3H3,(H,25,28,30)/b17-10-. The minimum atomic E-state index is -0.861. The molecule has 8 heteroatoms. The topological polar surface area (TPSA) is 95.9 Å². The van der Waals surface area contributed by atoms with E-state index >= 15 is 0 Å². The fourth-order valence-electron chi connectivity index (χ4n) is 3.13. The Morgan fingerprint density at radius 3 is 2.61 bits per heavy atom. The van der Waals surface area contributed by atoms with Gasteiger partial charge in [-0.25, -0.2) is 9.69 Å². The van der Waals surface area contributed by atoms with E-state index in [0.29, 0.717) is 29.2 Å². The molecule has 31 heavy (non-hydrogen) atoms. The summed E-state index contributed by atoms with van der Waals surface area (Å²) in [6, 6.07) is 7.01. The number of aryl methyl sites for hydroxylation is 1. The number of hydrogen-bond acceptors (Lipinski definition) is 5. The Kier molecular flexibility index (Phi) is 6.46. The Bertz CT molecular complexity index is 1120. The van der Waals surface area contributed by atoms with E-state index in [4.69, 9.17) is 16.3 Å². The molecule has 0 atom stereocenters. The fourth-order valence-corrected chi connectivity index (χ4v) is 3.30. The number of halogens is 1. The summed E-state index contributed by atoms with van der Waals surface area (Å²) in [5.41, 5.74) is 1.76. The van der Waals surface area contributed by atoms with Crippen LogP contribution < -0.4 is 15.0 Å². The van der Waals surface area contributed by atoms with Crippen LogP contribution in [-0.4, -0.2) is 29.6 Å². The lowest BCUT2D eigenvalue weighted by Gasteiger charge is -2.26. The number of carbonyl (C=O) groups is 3. The molecule has 3 rings (SSSR count). The average Bonchev–Trinajstić information content (AvgIpc) is 2.71. The molecule has 2 N–H and O–H groups in total. The van der Waals surface area contributed by atoms with Crippen LogP contribution in [0.4, 0.5) is 10.5 Å². The molecule has 2 aromatic carbocycles. The summed E-state index contributed by atoms with van der Waals surface area (Å²) in [5, 5.41) is 12.9. The molecule has 0 spiro atoms. The van der Waals surface area contributed by atoms with Gasteiger partial charge in [-0.2, -0.15) is 0 Å². The van der Waals surface area contributed by atoms with Crippen molar-refractivity contribution in [3.05, 3.63) is 70.3 Å². The van der Waals surface area contributed by atoms with Crippen LogP contribution in [0.5, 0.6) is 11.5 Å². The molecule has 2 aromatic rings. The summed E-state index contributed by atoms with van der Waals surface area (Å²) < 4.78 is 5.46. The molecule has 0 aromatic heterocycles. The quantitative estimate of drug-likeness (QED) is 0.399. The maximum atomic E-state index is 13.1. The maximum absolute atomic E-state index is 13.1. The third-order valence-electron chi connectivity index (χ3n) is 4.67. The highest BCUT2D eigenvalue weighted by atomic mass is 35.5. The van der Waals surface area contributed by atoms with Crippen LogP contribution in [0.3, 0.4) is 0 Å². The van der Waals surface area contributed by atoms with E-state index in [1.54, 1.807) is 38.1 Å². The van der Waals surface area contributed by atoms with Gasteiger partial charge < -0.3 is 9.84 Å². The lowest BCUT2D eigenvalue weighted by atomic mass is 10.0. The predicted octanol–water partition coefficient (Wildman–Crippen LogP) is 4.15. The van der Waals surface area contributed by atoms with Gasteiger partial charge in [-0.1, -0.05) is 23.7 Å². The summed E-state index contributed by atoms with van der Waals surface area (Å²) in [7, 11) is 0. The number of barbiturate groups is 1. The van der Waals surface area contributed by atoms with Gasteiger partial charge in [0.15, 0.2) is 11.5 Å². The normalized spacial score (nSPS) is 15.3. The van der Waals surface area contributed by atoms with E-state index in [-0.39, 0.29) is 22.8 Å². The average molecular weight is 441 g/mol. The second kappa shape index (κ2) is 9.06. The monoisotopic (exact) mass is 440 g/mol. The minimum absolute atomic E-state index is 0.0329. The SMILES string of the molecule is C=CCc1cc(/C=C2/C(=O)NC(=O)N(c3ccc(C)c(Cl)c3)C2=O)cc(OCC)c1O. The molecule has 0 bridgehead atoms. The minimum Gasteiger partial charge on any atom is -0.504 e. The lowest BCUT2D eigenvalue weighted by Crippen LogP contribution is -2.54. The number of anilines is 1. The van der Waals surface area contributed by atoms with Gasteiger partial charge in [0.25, 0.3) is 11.8 Å². The van der Waals surface area contributed by atoms with Gasteiger partial charge in [-0.05, 0) is 61.7 Å². The van der Waals surface area contributed by atoms with E-state index in [9.17, 15) is 19.5 Å². The van der Waals surface area contributed by atoms with E-state index in [2.05, 4.69) is 11.9 Å². The molecule has 0 unspecified atom stereocenters. The largest absolute Gasteiger partial charge is 0.504 e. The summed E-state index contributed by atoms with van der Waals surface area (Å²) in [5.74, 6) is -1.42. The number of ether oxygens (including phenoxy) is 1. The van der Waals surface area contributed by atoms with Gasteiger partial charge in [0, 0.05) is 10.6 Å². The first kappa shape index (κ1) is 22.1. The molecule has 4 amide bonds. The van der Waals surface area contributed by atoms with Crippen LogP contribution in [0.25, 0.3) is 6.08 Å². The van der Waals surface area contributed by atoms with Crippen LogP contribution in [-0.2, 0) is 16.0 Å². The molecule has 1 aliphatic heterocycles. The molecule has 160 valence electrons. The zero-order chi connectivity index (χ0) is 22.7. The van der Waals surface area contributed by atoms with Gasteiger partial charge in [-0.15, -0.1) is 6.58 Å². The molecule has 1 heterocycles. The Labute approximate surface area is 184 Å². The lowest BCUT2D eigenvalue weighted by molar-refractivity contribution is -0.122. The van der Waals surface area contributed by atoms with Crippen molar-refractivity contribution in [1.82, 2.24) is 5.32 Å². The molecule has 0 saturated carbocycles. The number of amides is 4. The number of aromatic hydroxyl groups is 1. The predicted molar refractivity (Wildman–Crippen MR) is 118 cm³/mol. The molecular weight excluding hydrogens is 420 g/mol. The third-order valence-corrected chi connectivity index (χ3v) is 5.07. The number of carbonyl (C=O) groups excluding carboxylic acids is 3. The molecule has 1 saturated heterocycles. The van der Waals surface area contributed by atoms with Crippen LogP contribution in [0, 0.1) is 6.92 Å². The smallest absolute Gasteiger partial charge is 0.335 e. The van der Waals surface area contributed by atoms with Crippen LogP contribution in [0.2, 0.25) is 5.02 Å². The number of hydrogen-bond donors (Lipinski definition) is 2. The second-order valence-electron chi connectivity index (χ2n) is 6.84. The van der Waals surface area contributed by atoms with Crippen molar-refractivity contribution >= 4 is 41.2 Å². The first-order valence-electron chi connectivity index (χ1n) is 9.54.